The first kappa shape index (κ1) is 14.9. The second-order valence-electron chi connectivity index (χ2n) is 5.95. The third-order valence-corrected chi connectivity index (χ3v) is 4.56. The highest BCUT2D eigenvalue weighted by Crippen LogP contribution is 2.45. The Balaban J connectivity index is 2.09. The first-order chi connectivity index (χ1) is 11.5. The summed E-state index contributed by atoms with van der Waals surface area (Å²) < 4.78 is 41.4. The zero-order valence-corrected chi connectivity index (χ0v) is 12.4. The minimum absolute atomic E-state index is 0.146. The van der Waals surface area contributed by atoms with Crippen LogP contribution in [0.1, 0.15) is 17.0 Å². The largest absolute Gasteiger partial charge is 0.380 e. The smallest absolute Gasteiger partial charge is 0.150 e. The molecule has 24 heavy (non-hydrogen) atoms. The fourth-order valence-electron chi connectivity index (χ4n) is 3.54. The SMILES string of the molecule is C#CC(O)C1Cc2cc(F)ccc2-c2[nH]c3c(F)cc(F)cc3c21. The van der Waals surface area contributed by atoms with Gasteiger partial charge in [0.1, 0.15) is 23.6 Å². The van der Waals surface area contributed by atoms with Gasteiger partial charge in [0, 0.05) is 22.9 Å². The Labute approximate surface area is 135 Å². The Hall–Kier alpha value is -2.71. The predicted molar refractivity (Wildman–Crippen MR) is 84.9 cm³/mol. The molecule has 0 radical (unpaired) electrons. The fourth-order valence-corrected chi connectivity index (χ4v) is 3.54. The molecule has 0 spiro atoms. The van der Waals surface area contributed by atoms with Crippen molar-refractivity contribution in [1.82, 2.24) is 4.98 Å². The van der Waals surface area contributed by atoms with Gasteiger partial charge in [0.25, 0.3) is 0 Å². The predicted octanol–water partition coefficient (Wildman–Crippen LogP) is 3.89. The third-order valence-electron chi connectivity index (χ3n) is 4.56. The van der Waals surface area contributed by atoms with E-state index in [0.29, 0.717) is 27.8 Å². The summed E-state index contributed by atoms with van der Waals surface area (Å²) in [6, 6.07) is 6.28. The Morgan fingerprint density at radius 2 is 1.96 bits per heavy atom. The molecule has 0 bridgehead atoms. The summed E-state index contributed by atoms with van der Waals surface area (Å²) >= 11 is 0. The van der Waals surface area contributed by atoms with E-state index in [4.69, 9.17) is 6.42 Å². The number of rotatable bonds is 1. The van der Waals surface area contributed by atoms with E-state index in [2.05, 4.69) is 10.9 Å². The first-order valence-corrected chi connectivity index (χ1v) is 7.43. The van der Waals surface area contributed by atoms with Crippen LogP contribution < -0.4 is 0 Å². The third kappa shape index (κ3) is 2.04. The summed E-state index contributed by atoms with van der Waals surface area (Å²) in [5, 5.41) is 10.6. The standard InChI is InChI=1S/C19H12F3NO/c1-2-16(24)13-6-9-5-10(20)3-4-12(9)19-17(13)14-7-11(21)8-15(22)18(14)23-19/h1,3-5,7-8,13,16,23-24H,6H2. The molecule has 4 rings (SSSR count). The van der Waals surface area contributed by atoms with Crippen LogP contribution in [0, 0.1) is 29.8 Å². The number of aromatic nitrogens is 1. The summed E-state index contributed by atoms with van der Waals surface area (Å²) in [5.41, 5.74) is 2.60. The molecule has 0 amide bonds. The summed E-state index contributed by atoms with van der Waals surface area (Å²) in [4.78, 5) is 2.95. The van der Waals surface area contributed by atoms with E-state index in [1.165, 1.54) is 18.2 Å². The average Bonchev–Trinajstić information content (AvgIpc) is 2.93. The Bertz CT molecular complexity index is 1020. The number of terminal acetylenes is 1. The van der Waals surface area contributed by atoms with Crippen LogP contribution in [0.2, 0.25) is 0 Å². The molecule has 1 aliphatic rings. The number of aliphatic hydroxyl groups excluding tert-OH is 1. The second kappa shape index (κ2) is 5.15. The quantitative estimate of drug-likeness (QED) is 0.654. The van der Waals surface area contributed by atoms with Crippen LogP contribution in [0.25, 0.3) is 22.2 Å². The van der Waals surface area contributed by atoms with Crippen LogP contribution in [0.3, 0.4) is 0 Å². The number of nitrogens with one attached hydrogen (secondary N) is 1. The lowest BCUT2D eigenvalue weighted by atomic mass is 9.78. The number of halogens is 3. The van der Waals surface area contributed by atoms with E-state index in [1.807, 2.05) is 0 Å². The summed E-state index contributed by atoms with van der Waals surface area (Å²) in [5.74, 6) is -0.146. The van der Waals surface area contributed by atoms with Gasteiger partial charge < -0.3 is 10.1 Å². The minimum Gasteiger partial charge on any atom is -0.380 e. The normalized spacial score (nSPS) is 17.2. The second-order valence-corrected chi connectivity index (χ2v) is 5.95. The Morgan fingerprint density at radius 1 is 1.17 bits per heavy atom. The zero-order chi connectivity index (χ0) is 17.0. The number of H-pyrrole nitrogens is 1. The van der Waals surface area contributed by atoms with Gasteiger partial charge in [-0.25, -0.2) is 13.2 Å². The van der Waals surface area contributed by atoms with Crippen molar-refractivity contribution in [3.8, 4) is 23.6 Å². The van der Waals surface area contributed by atoms with Crippen molar-refractivity contribution in [3.63, 3.8) is 0 Å². The maximum Gasteiger partial charge on any atom is 0.150 e. The summed E-state index contributed by atoms with van der Waals surface area (Å²) in [6.45, 7) is 0. The lowest BCUT2D eigenvalue weighted by Gasteiger charge is -2.27. The molecule has 0 saturated heterocycles. The van der Waals surface area contributed by atoms with Gasteiger partial charge in [0.05, 0.1) is 11.2 Å². The molecular weight excluding hydrogens is 315 g/mol. The minimum atomic E-state index is -1.15. The molecule has 0 fully saturated rings. The molecule has 0 saturated carbocycles. The van der Waals surface area contributed by atoms with Gasteiger partial charge in [-0.1, -0.05) is 5.92 Å². The molecule has 3 aromatic rings. The topological polar surface area (TPSA) is 36.0 Å². The van der Waals surface area contributed by atoms with Gasteiger partial charge >= 0.3 is 0 Å². The lowest BCUT2D eigenvalue weighted by Crippen LogP contribution is -2.22. The van der Waals surface area contributed by atoms with Crippen molar-refractivity contribution in [2.24, 2.45) is 0 Å². The molecule has 5 heteroatoms. The van der Waals surface area contributed by atoms with E-state index in [9.17, 15) is 18.3 Å². The highest BCUT2D eigenvalue weighted by atomic mass is 19.1. The van der Waals surface area contributed by atoms with Crippen LogP contribution in [0.4, 0.5) is 13.2 Å². The highest BCUT2D eigenvalue weighted by Gasteiger charge is 2.33. The maximum atomic E-state index is 14.1. The Kier molecular flexibility index (Phi) is 3.19. The fraction of sp³-hybridized carbons (Fsp3) is 0.158. The molecule has 1 aromatic heterocycles. The number of aromatic amines is 1. The highest BCUT2D eigenvalue weighted by molar-refractivity contribution is 5.93. The van der Waals surface area contributed by atoms with Crippen molar-refractivity contribution >= 4 is 10.9 Å². The maximum absolute atomic E-state index is 14.1. The molecule has 1 aliphatic carbocycles. The molecule has 1 heterocycles. The molecule has 2 nitrogen and oxygen atoms in total. The van der Waals surface area contributed by atoms with Crippen LogP contribution in [0.5, 0.6) is 0 Å². The zero-order valence-electron chi connectivity index (χ0n) is 12.4. The van der Waals surface area contributed by atoms with Gasteiger partial charge in [-0.2, -0.15) is 0 Å². The van der Waals surface area contributed by atoms with Gasteiger partial charge in [0.15, 0.2) is 0 Å². The number of benzene rings is 2. The number of hydrogen-bond donors (Lipinski definition) is 2. The van der Waals surface area contributed by atoms with Crippen molar-refractivity contribution in [2.75, 3.05) is 0 Å². The van der Waals surface area contributed by atoms with Crippen LogP contribution in [-0.2, 0) is 6.42 Å². The number of fused-ring (bicyclic) bond motifs is 5. The monoisotopic (exact) mass is 327 g/mol. The van der Waals surface area contributed by atoms with E-state index >= 15 is 0 Å². The van der Waals surface area contributed by atoms with Crippen LogP contribution in [0.15, 0.2) is 30.3 Å². The lowest BCUT2D eigenvalue weighted by molar-refractivity contribution is 0.198. The molecule has 2 N–H and O–H groups in total. The van der Waals surface area contributed by atoms with Crippen LogP contribution in [-0.4, -0.2) is 16.2 Å². The van der Waals surface area contributed by atoms with Crippen molar-refractivity contribution in [2.45, 2.75) is 18.4 Å². The average molecular weight is 327 g/mol. The van der Waals surface area contributed by atoms with Crippen LogP contribution >= 0.6 is 0 Å². The molecule has 0 aliphatic heterocycles. The Morgan fingerprint density at radius 3 is 2.71 bits per heavy atom. The van der Waals surface area contributed by atoms with Gasteiger partial charge in [-0.3, -0.25) is 0 Å². The van der Waals surface area contributed by atoms with E-state index in [0.717, 1.165) is 6.07 Å². The van der Waals surface area contributed by atoms with Gasteiger partial charge in [-0.15, -0.1) is 6.42 Å². The summed E-state index contributed by atoms with van der Waals surface area (Å²) in [6.07, 6.45) is 4.49. The molecule has 120 valence electrons. The molecule has 2 aromatic carbocycles. The summed E-state index contributed by atoms with van der Waals surface area (Å²) in [7, 11) is 0. The van der Waals surface area contributed by atoms with Crippen molar-refractivity contribution < 1.29 is 18.3 Å². The van der Waals surface area contributed by atoms with Crippen molar-refractivity contribution in [1.29, 1.82) is 0 Å². The number of hydrogen-bond acceptors (Lipinski definition) is 1. The van der Waals surface area contributed by atoms with E-state index < -0.39 is 29.5 Å². The molecular formula is C19H12F3NO. The van der Waals surface area contributed by atoms with Gasteiger partial charge in [0.2, 0.25) is 0 Å². The van der Waals surface area contributed by atoms with E-state index in [-0.39, 0.29) is 11.9 Å². The molecule has 2 atom stereocenters. The number of aliphatic hydroxyl groups is 1. The van der Waals surface area contributed by atoms with Crippen molar-refractivity contribution in [3.05, 3.63) is 58.9 Å². The first-order valence-electron chi connectivity index (χ1n) is 7.43. The van der Waals surface area contributed by atoms with Gasteiger partial charge in [-0.05, 0) is 41.8 Å². The molecule has 2 unspecified atom stereocenters. The van der Waals surface area contributed by atoms with E-state index in [1.54, 1.807) is 6.07 Å².